The van der Waals surface area contributed by atoms with Crippen molar-refractivity contribution in [2.24, 2.45) is 5.92 Å². The summed E-state index contributed by atoms with van der Waals surface area (Å²) in [6.45, 7) is 10.1. The Morgan fingerprint density at radius 3 is 2.64 bits per heavy atom. The molecule has 3 rings (SSSR count). The monoisotopic (exact) mass is 344 g/mol. The molecule has 0 amide bonds. The van der Waals surface area contributed by atoms with Crippen molar-refractivity contribution in [1.82, 2.24) is 0 Å². The van der Waals surface area contributed by atoms with Crippen molar-refractivity contribution in [2.45, 2.75) is 74.8 Å². The van der Waals surface area contributed by atoms with Crippen LogP contribution in [0, 0.1) is 5.92 Å². The zero-order chi connectivity index (χ0) is 15.7. The van der Waals surface area contributed by atoms with Crippen molar-refractivity contribution in [1.29, 1.82) is 0 Å². The Morgan fingerprint density at radius 2 is 1.95 bits per heavy atom. The van der Waals surface area contributed by atoms with Gasteiger partial charge in [-0.15, -0.1) is 30.1 Å². The Morgan fingerprint density at radius 1 is 1.23 bits per heavy atom. The highest BCUT2D eigenvalue weighted by Crippen LogP contribution is 2.42. The highest BCUT2D eigenvalue weighted by Gasteiger charge is 2.48. The van der Waals surface area contributed by atoms with E-state index in [1.165, 1.54) is 17.9 Å². The van der Waals surface area contributed by atoms with Gasteiger partial charge in [0.25, 0.3) is 0 Å². The van der Waals surface area contributed by atoms with Gasteiger partial charge in [-0.05, 0) is 50.5 Å². The smallest absolute Gasteiger partial charge is 0.164 e. The minimum Gasteiger partial charge on any atom is -0.372 e. The largest absolute Gasteiger partial charge is 0.372 e. The van der Waals surface area contributed by atoms with E-state index in [0.717, 1.165) is 12.8 Å². The first kappa shape index (κ1) is 17.2. The zero-order valence-electron chi connectivity index (χ0n) is 13.8. The van der Waals surface area contributed by atoms with E-state index in [1.807, 2.05) is 19.9 Å². The van der Waals surface area contributed by atoms with Gasteiger partial charge in [-0.25, -0.2) is 0 Å². The first-order valence-corrected chi connectivity index (χ1v) is 10.4. The predicted octanol–water partition coefficient (Wildman–Crippen LogP) is 4.07. The number of ether oxygens (including phenoxy) is 3. The van der Waals surface area contributed by atoms with E-state index in [1.54, 1.807) is 0 Å². The summed E-state index contributed by atoms with van der Waals surface area (Å²) in [5, 5.41) is 0. The molecular weight excluding hydrogens is 316 g/mol. The van der Waals surface area contributed by atoms with Gasteiger partial charge < -0.3 is 14.2 Å². The van der Waals surface area contributed by atoms with E-state index in [-0.39, 0.29) is 18.3 Å². The minimum atomic E-state index is -0.538. The fraction of sp³-hybridized carbons (Fsp3) is 0.882. The Balaban J connectivity index is 1.59. The second-order valence-electron chi connectivity index (χ2n) is 6.99. The van der Waals surface area contributed by atoms with E-state index in [0.29, 0.717) is 16.6 Å². The molecule has 0 aromatic rings. The molecule has 126 valence electrons. The molecule has 0 saturated carbocycles. The van der Waals surface area contributed by atoms with Crippen molar-refractivity contribution < 1.29 is 14.2 Å². The van der Waals surface area contributed by atoms with Gasteiger partial charge in [0.2, 0.25) is 0 Å². The topological polar surface area (TPSA) is 27.7 Å². The third kappa shape index (κ3) is 3.86. The minimum absolute atomic E-state index is 0.0217. The van der Waals surface area contributed by atoms with Crippen LogP contribution < -0.4 is 0 Å². The van der Waals surface area contributed by atoms with E-state index < -0.39 is 5.79 Å². The Labute approximate surface area is 142 Å². The van der Waals surface area contributed by atoms with Gasteiger partial charge >= 0.3 is 0 Å². The van der Waals surface area contributed by atoms with Crippen molar-refractivity contribution in [3.8, 4) is 0 Å². The molecule has 3 nitrogen and oxygen atoms in total. The lowest BCUT2D eigenvalue weighted by molar-refractivity contribution is -0.156. The van der Waals surface area contributed by atoms with Crippen molar-refractivity contribution in [3.05, 3.63) is 12.7 Å². The molecular formula is C17H28O3S2. The van der Waals surface area contributed by atoms with Crippen LogP contribution in [0.5, 0.6) is 0 Å². The molecule has 3 heterocycles. The molecule has 0 radical (unpaired) electrons. The first-order chi connectivity index (χ1) is 10.5. The van der Waals surface area contributed by atoms with Crippen LogP contribution in [-0.2, 0) is 14.2 Å². The van der Waals surface area contributed by atoms with E-state index >= 15 is 0 Å². The van der Waals surface area contributed by atoms with E-state index in [9.17, 15) is 0 Å². The lowest BCUT2D eigenvalue weighted by atomic mass is 9.96. The summed E-state index contributed by atoms with van der Waals surface area (Å²) >= 11 is 4.20. The Hall–Kier alpha value is 0.320. The number of hydrogen-bond donors (Lipinski definition) is 0. The second kappa shape index (κ2) is 7.06. The van der Waals surface area contributed by atoms with Gasteiger partial charge in [0.1, 0.15) is 12.2 Å². The maximum Gasteiger partial charge on any atom is 0.164 e. The molecule has 0 aliphatic carbocycles. The molecule has 22 heavy (non-hydrogen) atoms. The fourth-order valence-corrected chi connectivity index (χ4v) is 6.53. The molecule has 0 aromatic heterocycles. The molecule has 3 fully saturated rings. The molecule has 3 saturated heterocycles. The average molecular weight is 345 g/mol. The molecule has 5 atom stereocenters. The van der Waals surface area contributed by atoms with Crippen LogP contribution in [0.15, 0.2) is 12.7 Å². The molecule has 0 N–H and O–H groups in total. The lowest BCUT2D eigenvalue weighted by Gasteiger charge is -2.26. The number of hydrogen-bond acceptors (Lipinski definition) is 5. The maximum atomic E-state index is 6.41. The molecule has 0 aromatic carbocycles. The normalized spacial score (nSPS) is 42.6. The molecule has 3 aliphatic rings. The molecule has 5 heteroatoms. The van der Waals surface area contributed by atoms with Crippen LogP contribution in [0.25, 0.3) is 0 Å². The highest BCUT2D eigenvalue weighted by molar-refractivity contribution is 8.17. The van der Waals surface area contributed by atoms with Gasteiger partial charge in [0.05, 0.1) is 16.8 Å². The second-order valence-corrected chi connectivity index (χ2v) is 9.91. The van der Waals surface area contributed by atoms with Crippen molar-refractivity contribution in [2.75, 3.05) is 11.5 Å². The van der Waals surface area contributed by atoms with Gasteiger partial charge in [0, 0.05) is 0 Å². The standard InChI is InChI=1S/C17H28O3S2/c1-5-12-16(20-17(3,4)19-12)14-9-11(2)13(18-14)10-15-21-7-6-8-22-15/h5,11-16H,1,6-10H2,2-4H3/t11-,12-,13+,14-,16-/m1/s1. The van der Waals surface area contributed by atoms with Crippen LogP contribution in [0.4, 0.5) is 0 Å². The number of thioether (sulfide) groups is 2. The molecule has 3 aliphatic heterocycles. The summed E-state index contributed by atoms with van der Waals surface area (Å²) in [5.74, 6) is 2.65. The highest BCUT2D eigenvalue weighted by atomic mass is 32.2. The van der Waals surface area contributed by atoms with Crippen LogP contribution in [0.1, 0.15) is 40.0 Å². The number of rotatable bonds is 4. The summed E-state index contributed by atoms with van der Waals surface area (Å²) in [4.78, 5) is 0. The maximum absolute atomic E-state index is 6.41. The molecule has 0 bridgehead atoms. The van der Waals surface area contributed by atoms with E-state index in [2.05, 4.69) is 37.0 Å². The fourth-order valence-electron chi connectivity index (χ4n) is 3.58. The lowest BCUT2D eigenvalue weighted by Crippen LogP contribution is -2.35. The summed E-state index contributed by atoms with van der Waals surface area (Å²) in [5.41, 5.74) is 0. The van der Waals surface area contributed by atoms with Gasteiger partial charge in [-0.1, -0.05) is 13.0 Å². The third-order valence-corrected chi connectivity index (χ3v) is 7.67. The van der Waals surface area contributed by atoms with Gasteiger partial charge in [-0.3, -0.25) is 0 Å². The molecule has 0 spiro atoms. The summed E-state index contributed by atoms with van der Waals surface area (Å²) < 4.78 is 19.1. The van der Waals surface area contributed by atoms with E-state index in [4.69, 9.17) is 14.2 Å². The average Bonchev–Trinajstić information content (AvgIpc) is 3.00. The zero-order valence-corrected chi connectivity index (χ0v) is 15.5. The third-order valence-electron chi connectivity index (χ3n) is 4.67. The Kier molecular flexibility index (Phi) is 5.50. The van der Waals surface area contributed by atoms with Gasteiger partial charge in [0.15, 0.2) is 5.79 Å². The molecule has 0 unspecified atom stereocenters. The predicted molar refractivity (Wildman–Crippen MR) is 94.4 cm³/mol. The summed E-state index contributed by atoms with van der Waals surface area (Å²) in [6, 6.07) is 0. The first-order valence-electron chi connectivity index (χ1n) is 8.35. The van der Waals surface area contributed by atoms with Crippen LogP contribution in [-0.4, -0.2) is 46.3 Å². The van der Waals surface area contributed by atoms with Crippen LogP contribution in [0.2, 0.25) is 0 Å². The quantitative estimate of drug-likeness (QED) is 0.717. The van der Waals surface area contributed by atoms with Crippen LogP contribution in [0.3, 0.4) is 0 Å². The van der Waals surface area contributed by atoms with Crippen molar-refractivity contribution in [3.63, 3.8) is 0 Å². The summed E-state index contributed by atoms with van der Waals surface area (Å²) in [6.07, 6.45) is 5.81. The van der Waals surface area contributed by atoms with Gasteiger partial charge in [-0.2, -0.15) is 0 Å². The summed E-state index contributed by atoms with van der Waals surface area (Å²) in [7, 11) is 0. The van der Waals surface area contributed by atoms with Crippen LogP contribution >= 0.6 is 23.5 Å². The van der Waals surface area contributed by atoms with Crippen molar-refractivity contribution >= 4 is 23.5 Å². The Bertz CT molecular complexity index is 395. The SMILES string of the molecule is C=C[C@H]1OC(C)(C)O[C@H]1[C@H]1C[C@@H](C)[C@H](CC2SCCCS2)O1.